The van der Waals surface area contributed by atoms with Crippen molar-refractivity contribution in [3.05, 3.63) is 5.82 Å². The highest BCUT2D eigenvalue weighted by Gasteiger charge is 2.06. The molecule has 1 aromatic heterocycles. The molecule has 0 amide bonds. The van der Waals surface area contributed by atoms with Crippen LogP contribution >= 0.6 is 0 Å². The van der Waals surface area contributed by atoms with Crippen LogP contribution in [0, 0.1) is 0 Å². The zero-order valence-electron chi connectivity index (χ0n) is 6.30. The summed E-state index contributed by atoms with van der Waals surface area (Å²) in [6.45, 7) is 0.220. The molecule has 1 heterocycles. The fraction of sp³-hybridized carbons (Fsp3) is 0.800. The molecule has 1 rings (SSSR count). The number of hydrogen-bond donors (Lipinski definition) is 2. The van der Waals surface area contributed by atoms with Crippen LogP contribution in [0.15, 0.2) is 0 Å². The number of nitrogens with two attached hydrogens (primary N) is 1. The third-order valence-corrected chi connectivity index (χ3v) is 1.24. The first kappa shape index (κ1) is 8.09. The number of aliphatic hydroxyl groups excluding tert-OH is 1. The molecule has 11 heavy (non-hydrogen) atoms. The molecule has 62 valence electrons. The minimum absolute atomic E-state index is 0.220. The van der Waals surface area contributed by atoms with E-state index in [-0.39, 0.29) is 6.54 Å². The van der Waals surface area contributed by atoms with Crippen molar-refractivity contribution >= 4 is 0 Å². The lowest BCUT2D eigenvalue weighted by Crippen LogP contribution is -2.22. The summed E-state index contributed by atoms with van der Waals surface area (Å²) in [6, 6.07) is 0. The lowest BCUT2D eigenvalue weighted by molar-refractivity contribution is 0.180. The van der Waals surface area contributed by atoms with E-state index in [1.54, 1.807) is 7.05 Å². The van der Waals surface area contributed by atoms with Gasteiger partial charge in [-0.15, -0.1) is 10.2 Å². The second kappa shape index (κ2) is 3.40. The van der Waals surface area contributed by atoms with Gasteiger partial charge < -0.3 is 10.8 Å². The molecule has 0 saturated carbocycles. The monoisotopic (exact) mass is 157 g/mol. The van der Waals surface area contributed by atoms with E-state index in [1.807, 2.05) is 0 Å². The van der Waals surface area contributed by atoms with Gasteiger partial charge in [-0.05, 0) is 5.21 Å². The zero-order valence-corrected chi connectivity index (χ0v) is 6.30. The number of aromatic nitrogens is 4. The van der Waals surface area contributed by atoms with Crippen molar-refractivity contribution in [1.82, 2.24) is 20.2 Å². The molecule has 3 N–H and O–H groups in total. The summed E-state index contributed by atoms with van der Waals surface area (Å²) in [5.41, 5.74) is 5.19. The topological polar surface area (TPSA) is 89.8 Å². The van der Waals surface area contributed by atoms with Gasteiger partial charge in [0, 0.05) is 13.0 Å². The zero-order chi connectivity index (χ0) is 8.27. The Morgan fingerprint density at radius 2 is 2.45 bits per heavy atom. The maximum atomic E-state index is 9.08. The molecule has 0 radical (unpaired) electrons. The van der Waals surface area contributed by atoms with Gasteiger partial charge in [0.05, 0.1) is 13.2 Å². The number of hydrogen-bond acceptors (Lipinski definition) is 5. The van der Waals surface area contributed by atoms with Gasteiger partial charge in [0.1, 0.15) is 0 Å². The second-order valence-electron chi connectivity index (χ2n) is 2.29. The Morgan fingerprint density at radius 3 is 2.91 bits per heavy atom. The van der Waals surface area contributed by atoms with E-state index in [1.165, 1.54) is 4.80 Å². The standard InChI is InChI=1S/C5H11N5O/c1-10-8-5(7-9-10)2-4(11)3-6/h4,11H,2-3,6H2,1H3. The van der Waals surface area contributed by atoms with Crippen molar-refractivity contribution in [1.29, 1.82) is 0 Å². The van der Waals surface area contributed by atoms with E-state index in [0.717, 1.165) is 0 Å². The average Bonchev–Trinajstić information content (AvgIpc) is 2.35. The van der Waals surface area contributed by atoms with Crippen LogP contribution in [-0.2, 0) is 13.5 Å². The summed E-state index contributed by atoms with van der Waals surface area (Å²) in [6.07, 6.45) is -0.205. The van der Waals surface area contributed by atoms with Crippen LogP contribution < -0.4 is 5.73 Å². The Morgan fingerprint density at radius 1 is 1.73 bits per heavy atom. The smallest absolute Gasteiger partial charge is 0.177 e. The van der Waals surface area contributed by atoms with Gasteiger partial charge in [0.25, 0.3) is 0 Å². The van der Waals surface area contributed by atoms with Crippen LogP contribution in [0.2, 0.25) is 0 Å². The molecular formula is C5H11N5O. The summed E-state index contributed by atoms with van der Waals surface area (Å²) >= 11 is 0. The molecule has 1 unspecified atom stereocenters. The predicted molar refractivity (Wildman–Crippen MR) is 37.6 cm³/mol. The number of aryl methyl sites for hydroxylation is 1. The second-order valence-corrected chi connectivity index (χ2v) is 2.29. The predicted octanol–water partition coefficient (Wildman–Crippen LogP) is -1.93. The highest BCUT2D eigenvalue weighted by molar-refractivity contribution is 4.80. The highest BCUT2D eigenvalue weighted by atomic mass is 16.3. The fourth-order valence-electron chi connectivity index (χ4n) is 0.699. The summed E-state index contributed by atoms with van der Waals surface area (Å²) in [5.74, 6) is 0.519. The first-order valence-corrected chi connectivity index (χ1v) is 3.33. The Labute approximate surface area is 64.0 Å². The van der Waals surface area contributed by atoms with Gasteiger partial charge in [-0.25, -0.2) is 0 Å². The lowest BCUT2D eigenvalue weighted by atomic mass is 10.2. The van der Waals surface area contributed by atoms with Crippen molar-refractivity contribution in [3.63, 3.8) is 0 Å². The Bertz CT molecular complexity index is 222. The molecule has 0 saturated heterocycles. The molecule has 0 aliphatic heterocycles. The SMILES string of the molecule is Cn1nnc(CC(O)CN)n1. The van der Waals surface area contributed by atoms with Crippen molar-refractivity contribution in [2.45, 2.75) is 12.5 Å². The minimum atomic E-state index is -0.570. The molecule has 1 atom stereocenters. The third kappa shape index (κ3) is 2.24. The largest absolute Gasteiger partial charge is 0.391 e. The van der Waals surface area contributed by atoms with Crippen LogP contribution in [-0.4, -0.2) is 38.0 Å². The van der Waals surface area contributed by atoms with Gasteiger partial charge in [-0.2, -0.15) is 4.80 Å². The van der Waals surface area contributed by atoms with Gasteiger partial charge in [-0.3, -0.25) is 0 Å². The lowest BCUT2D eigenvalue weighted by Gasteiger charge is -2.01. The van der Waals surface area contributed by atoms with Crippen molar-refractivity contribution in [2.24, 2.45) is 12.8 Å². The Hall–Kier alpha value is -1.01. The Kier molecular flexibility index (Phi) is 2.50. The van der Waals surface area contributed by atoms with Gasteiger partial charge in [0.15, 0.2) is 5.82 Å². The van der Waals surface area contributed by atoms with E-state index < -0.39 is 6.10 Å². The van der Waals surface area contributed by atoms with Gasteiger partial charge in [-0.1, -0.05) is 0 Å². The van der Waals surface area contributed by atoms with E-state index in [0.29, 0.717) is 12.2 Å². The molecule has 0 aromatic carbocycles. The molecule has 0 aliphatic carbocycles. The van der Waals surface area contributed by atoms with Crippen molar-refractivity contribution in [2.75, 3.05) is 6.54 Å². The molecule has 0 bridgehead atoms. The molecule has 0 spiro atoms. The highest BCUT2D eigenvalue weighted by Crippen LogP contribution is 1.91. The van der Waals surface area contributed by atoms with Crippen LogP contribution in [0.25, 0.3) is 0 Å². The fourth-order valence-corrected chi connectivity index (χ4v) is 0.699. The number of aliphatic hydroxyl groups is 1. The van der Waals surface area contributed by atoms with Crippen LogP contribution in [0.5, 0.6) is 0 Å². The van der Waals surface area contributed by atoms with E-state index in [2.05, 4.69) is 15.4 Å². The Balaban J connectivity index is 2.50. The van der Waals surface area contributed by atoms with E-state index in [9.17, 15) is 0 Å². The van der Waals surface area contributed by atoms with Gasteiger partial charge >= 0.3 is 0 Å². The first-order valence-electron chi connectivity index (χ1n) is 3.33. The van der Waals surface area contributed by atoms with E-state index in [4.69, 9.17) is 10.8 Å². The molecule has 0 fully saturated rings. The quantitative estimate of drug-likeness (QED) is 0.533. The summed E-state index contributed by atoms with van der Waals surface area (Å²) in [7, 11) is 1.67. The normalized spacial score (nSPS) is 13.4. The summed E-state index contributed by atoms with van der Waals surface area (Å²) in [5, 5.41) is 20.3. The average molecular weight is 157 g/mol. The molecule has 6 heteroatoms. The van der Waals surface area contributed by atoms with Crippen LogP contribution in [0.4, 0.5) is 0 Å². The molecule has 1 aromatic rings. The maximum Gasteiger partial charge on any atom is 0.177 e. The van der Waals surface area contributed by atoms with E-state index >= 15 is 0 Å². The van der Waals surface area contributed by atoms with Crippen molar-refractivity contribution in [3.8, 4) is 0 Å². The van der Waals surface area contributed by atoms with Crippen LogP contribution in [0.1, 0.15) is 5.82 Å². The number of rotatable bonds is 3. The van der Waals surface area contributed by atoms with Crippen LogP contribution in [0.3, 0.4) is 0 Å². The third-order valence-electron chi connectivity index (χ3n) is 1.24. The van der Waals surface area contributed by atoms with Gasteiger partial charge in [0.2, 0.25) is 0 Å². The first-order chi connectivity index (χ1) is 5.22. The maximum absolute atomic E-state index is 9.08. The number of nitrogens with zero attached hydrogens (tertiary/aromatic N) is 4. The molecular weight excluding hydrogens is 146 g/mol. The molecule has 6 nitrogen and oxygen atoms in total. The number of tetrazole rings is 1. The summed E-state index contributed by atoms with van der Waals surface area (Å²) in [4.78, 5) is 1.35. The minimum Gasteiger partial charge on any atom is -0.391 e. The van der Waals surface area contributed by atoms with Crippen molar-refractivity contribution < 1.29 is 5.11 Å². The molecule has 0 aliphatic rings. The summed E-state index contributed by atoms with van der Waals surface area (Å²) < 4.78 is 0.